The molecule has 0 unspecified atom stereocenters. The molecule has 1 rings (SSSR count). The number of nitrogens with zero attached hydrogens (tertiary/aromatic N) is 1. The Bertz CT molecular complexity index is 400. The molecule has 0 aliphatic heterocycles. The molecule has 1 aromatic rings. The molecule has 0 aromatic carbocycles. The van der Waals surface area contributed by atoms with Crippen LogP contribution < -0.4 is 0 Å². The van der Waals surface area contributed by atoms with Crippen LogP contribution in [-0.2, 0) is 5.88 Å². The molecular weight excluding hydrogens is 295 g/mol. The van der Waals surface area contributed by atoms with Crippen LogP contribution in [-0.4, -0.2) is 16.1 Å². The fourth-order valence-electron chi connectivity index (χ4n) is 0.981. The lowest BCUT2D eigenvalue weighted by molar-refractivity contribution is 0.0687. The van der Waals surface area contributed by atoms with Crippen molar-refractivity contribution in [2.75, 3.05) is 0 Å². The molecule has 0 spiro atoms. The van der Waals surface area contributed by atoms with E-state index in [0.717, 1.165) is 0 Å². The van der Waals surface area contributed by atoms with E-state index >= 15 is 0 Å². The van der Waals surface area contributed by atoms with Crippen molar-refractivity contribution in [1.82, 2.24) is 4.98 Å². The zero-order chi connectivity index (χ0) is 11.6. The molecule has 0 aliphatic rings. The Labute approximate surface area is 97.2 Å². The third kappa shape index (κ3) is 2.63. The normalized spacial score (nSPS) is 10.7. The van der Waals surface area contributed by atoms with Crippen molar-refractivity contribution in [2.24, 2.45) is 0 Å². The molecule has 0 fully saturated rings. The highest BCUT2D eigenvalue weighted by Gasteiger charge is 2.20. The van der Waals surface area contributed by atoms with Crippen LogP contribution >= 0.6 is 27.5 Å². The lowest BCUT2D eigenvalue weighted by Gasteiger charge is -2.07. The molecule has 0 aliphatic carbocycles. The first-order chi connectivity index (χ1) is 6.97. The molecule has 0 atom stereocenters. The molecule has 1 heterocycles. The SMILES string of the molecule is O=C(O)c1nc(C(F)F)c(Br)cc1CCl. The summed E-state index contributed by atoms with van der Waals surface area (Å²) >= 11 is 8.35. The van der Waals surface area contributed by atoms with Crippen LogP contribution in [0.3, 0.4) is 0 Å². The third-order valence-electron chi connectivity index (χ3n) is 1.64. The fourth-order valence-corrected chi connectivity index (χ4v) is 1.72. The number of halogens is 4. The predicted molar refractivity (Wildman–Crippen MR) is 53.4 cm³/mol. The Morgan fingerprint density at radius 1 is 1.67 bits per heavy atom. The van der Waals surface area contributed by atoms with Crippen molar-refractivity contribution in [2.45, 2.75) is 12.3 Å². The topological polar surface area (TPSA) is 50.2 Å². The summed E-state index contributed by atoms with van der Waals surface area (Å²) in [6.07, 6.45) is -2.83. The number of alkyl halides is 3. The van der Waals surface area contributed by atoms with Gasteiger partial charge in [-0.15, -0.1) is 11.6 Å². The fraction of sp³-hybridized carbons (Fsp3) is 0.250. The highest BCUT2D eigenvalue weighted by molar-refractivity contribution is 9.10. The number of rotatable bonds is 3. The highest BCUT2D eigenvalue weighted by atomic mass is 79.9. The van der Waals surface area contributed by atoms with Crippen molar-refractivity contribution < 1.29 is 18.7 Å². The molecule has 82 valence electrons. The van der Waals surface area contributed by atoms with E-state index < -0.39 is 23.8 Å². The first-order valence-electron chi connectivity index (χ1n) is 3.74. The minimum atomic E-state index is -2.83. The van der Waals surface area contributed by atoms with Crippen LogP contribution in [0.25, 0.3) is 0 Å². The van der Waals surface area contributed by atoms with Crippen molar-refractivity contribution in [3.05, 3.63) is 27.5 Å². The Morgan fingerprint density at radius 2 is 2.27 bits per heavy atom. The summed E-state index contributed by atoms with van der Waals surface area (Å²) in [5, 5.41) is 8.71. The zero-order valence-electron chi connectivity index (χ0n) is 7.18. The summed E-state index contributed by atoms with van der Waals surface area (Å²) in [5.41, 5.74) is -0.842. The van der Waals surface area contributed by atoms with Crippen molar-refractivity contribution in [3.8, 4) is 0 Å². The van der Waals surface area contributed by atoms with Crippen LogP contribution in [0.4, 0.5) is 8.78 Å². The van der Waals surface area contributed by atoms with Gasteiger partial charge in [0.25, 0.3) is 6.43 Å². The maximum Gasteiger partial charge on any atom is 0.354 e. The van der Waals surface area contributed by atoms with Gasteiger partial charge in [-0.1, -0.05) is 0 Å². The first-order valence-corrected chi connectivity index (χ1v) is 5.06. The minimum Gasteiger partial charge on any atom is -0.477 e. The largest absolute Gasteiger partial charge is 0.477 e. The summed E-state index contributed by atoms with van der Waals surface area (Å²) in [4.78, 5) is 14.0. The second-order valence-corrected chi connectivity index (χ2v) is 3.72. The van der Waals surface area contributed by atoms with Gasteiger partial charge in [0.15, 0.2) is 5.69 Å². The Kier molecular flexibility index (Phi) is 3.98. The molecule has 0 saturated heterocycles. The predicted octanol–water partition coefficient (Wildman–Crippen LogP) is 3.22. The van der Waals surface area contributed by atoms with Crippen molar-refractivity contribution in [1.29, 1.82) is 0 Å². The number of aromatic carboxylic acids is 1. The standard InChI is InChI=1S/C8H5BrClF2NO2/c9-4-1-3(2-10)5(8(14)15)13-6(4)7(11)12/h1,7H,2H2,(H,14,15). The Balaban J connectivity index is 3.37. The molecule has 15 heavy (non-hydrogen) atoms. The summed E-state index contributed by atoms with van der Waals surface area (Å²) in [7, 11) is 0. The van der Waals surface area contributed by atoms with Gasteiger partial charge >= 0.3 is 5.97 Å². The van der Waals surface area contributed by atoms with Gasteiger partial charge in [0, 0.05) is 15.9 Å². The molecule has 0 amide bonds. The zero-order valence-corrected chi connectivity index (χ0v) is 9.52. The van der Waals surface area contributed by atoms with E-state index in [1.54, 1.807) is 0 Å². The number of hydrogen-bond acceptors (Lipinski definition) is 2. The summed E-state index contributed by atoms with van der Waals surface area (Å²) in [6, 6.07) is 1.24. The average molecular weight is 300 g/mol. The van der Waals surface area contributed by atoms with E-state index in [1.807, 2.05) is 0 Å². The quantitative estimate of drug-likeness (QED) is 0.872. The number of carboxylic acid groups (broad SMARTS) is 1. The monoisotopic (exact) mass is 299 g/mol. The van der Waals surface area contributed by atoms with Gasteiger partial charge in [0.1, 0.15) is 5.69 Å². The van der Waals surface area contributed by atoms with Crippen LogP contribution in [0, 0.1) is 0 Å². The highest BCUT2D eigenvalue weighted by Crippen LogP contribution is 2.28. The van der Waals surface area contributed by atoms with E-state index in [-0.39, 0.29) is 15.9 Å². The van der Waals surface area contributed by atoms with Crippen LogP contribution in [0.15, 0.2) is 10.5 Å². The molecule has 7 heteroatoms. The van der Waals surface area contributed by atoms with E-state index in [9.17, 15) is 13.6 Å². The molecule has 3 nitrogen and oxygen atoms in total. The van der Waals surface area contributed by atoms with Crippen LogP contribution in [0.2, 0.25) is 0 Å². The van der Waals surface area contributed by atoms with Gasteiger partial charge in [-0.25, -0.2) is 18.6 Å². The van der Waals surface area contributed by atoms with E-state index in [2.05, 4.69) is 20.9 Å². The number of carboxylic acids is 1. The van der Waals surface area contributed by atoms with E-state index in [1.165, 1.54) is 6.07 Å². The number of carbonyl (C=O) groups is 1. The van der Waals surface area contributed by atoms with E-state index in [4.69, 9.17) is 16.7 Å². The maximum atomic E-state index is 12.4. The Morgan fingerprint density at radius 3 is 2.67 bits per heavy atom. The van der Waals surface area contributed by atoms with Gasteiger partial charge in [-0.3, -0.25) is 0 Å². The molecule has 1 aromatic heterocycles. The van der Waals surface area contributed by atoms with Crippen molar-refractivity contribution >= 4 is 33.5 Å². The smallest absolute Gasteiger partial charge is 0.354 e. The first kappa shape index (κ1) is 12.3. The van der Waals surface area contributed by atoms with Gasteiger partial charge in [-0.2, -0.15) is 0 Å². The Hall–Kier alpha value is -0.750. The van der Waals surface area contributed by atoms with Gasteiger partial charge in [0.2, 0.25) is 0 Å². The van der Waals surface area contributed by atoms with Crippen LogP contribution in [0.5, 0.6) is 0 Å². The second kappa shape index (κ2) is 4.85. The summed E-state index contributed by atoms with van der Waals surface area (Å²) < 4.78 is 24.8. The lowest BCUT2D eigenvalue weighted by Crippen LogP contribution is -2.08. The summed E-state index contributed by atoms with van der Waals surface area (Å²) in [6.45, 7) is 0. The van der Waals surface area contributed by atoms with Crippen LogP contribution in [0.1, 0.15) is 28.2 Å². The van der Waals surface area contributed by atoms with Gasteiger partial charge in [0.05, 0.1) is 0 Å². The van der Waals surface area contributed by atoms with E-state index in [0.29, 0.717) is 0 Å². The average Bonchev–Trinajstić information content (AvgIpc) is 2.16. The van der Waals surface area contributed by atoms with Gasteiger partial charge in [-0.05, 0) is 22.0 Å². The third-order valence-corrected chi connectivity index (χ3v) is 2.56. The number of pyridine rings is 1. The van der Waals surface area contributed by atoms with Gasteiger partial charge < -0.3 is 5.11 Å². The molecule has 0 saturated carbocycles. The maximum absolute atomic E-state index is 12.4. The molecule has 0 bridgehead atoms. The molecular formula is C8H5BrClF2NO2. The molecule has 1 N–H and O–H groups in total. The minimum absolute atomic E-state index is 0.0538. The number of aromatic nitrogens is 1. The lowest BCUT2D eigenvalue weighted by atomic mass is 10.2. The summed E-state index contributed by atoms with van der Waals surface area (Å²) in [5.74, 6) is -1.48. The second-order valence-electron chi connectivity index (χ2n) is 2.60. The molecule has 0 radical (unpaired) electrons. The number of hydrogen-bond donors (Lipinski definition) is 1. The van der Waals surface area contributed by atoms with Crippen molar-refractivity contribution in [3.63, 3.8) is 0 Å².